The van der Waals surface area contributed by atoms with Crippen molar-refractivity contribution in [1.82, 2.24) is 14.5 Å². The van der Waals surface area contributed by atoms with E-state index in [-0.39, 0.29) is 0 Å². The first-order valence-electron chi connectivity index (χ1n) is 4.86. The van der Waals surface area contributed by atoms with Crippen molar-refractivity contribution in [2.45, 2.75) is 32.9 Å². The van der Waals surface area contributed by atoms with Crippen molar-refractivity contribution < 1.29 is 0 Å². The third-order valence-electron chi connectivity index (χ3n) is 2.37. The zero-order valence-corrected chi connectivity index (χ0v) is 8.77. The summed E-state index contributed by atoms with van der Waals surface area (Å²) < 4.78 is 2.12. The van der Waals surface area contributed by atoms with Crippen molar-refractivity contribution in [2.24, 2.45) is 0 Å². The molecule has 13 heavy (non-hydrogen) atoms. The van der Waals surface area contributed by atoms with E-state index in [1.54, 1.807) is 0 Å². The summed E-state index contributed by atoms with van der Waals surface area (Å²) in [7, 11) is 2.17. The Hall–Kier alpha value is -0.830. The minimum atomic E-state index is 0.641. The van der Waals surface area contributed by atoms with Gasteiger partial charge in [-0.15, -0.1) is 0 Å². The van der Waals surface area contributed by atoms with Crippen molar-refractivity contribution in [3.8, 4) is 0 Å². The van der Waals surface area contributed by atoms with Gasteiger partial charge in [-0.3, -0.25) is 0 Å². The first-order valence-corrected chi connectivity index (χ1v) is 4.86. The lowest BCUT2D eigenvalue weighted by Gasteiger charge is -2.20. The molecule has 0 saturated carbocycles. The van der Waals surface area contributed by atoms with E-state index in [1.165, 1.54) is 6.42 Å². The average molecular weight is 181 g/mol. The molecule has 74 valence electrons. The molecule has 1 rings (SSSR count). The Balaban J connectivity index is 2.14. The smallest absolute Gasteiger partial charge is 0.0945 e. The van der Waals surface area contributed by atoms with E-state index in [2.05, 4.69) is 35.3 Å². The topological polar surface area (TPSA) is 21.1 Å². The van der Waals surface area contributed by atoms with Gasteiger partial charge in [0.15, 0.2) is 0 Å². The maximum Gasteiger partial charge on any atom is 0.0945 e. The van der Waals surface area contributed by atoms with E-state index < -0.39 is 0 Å². The molecule has 0 amide bonds. The monoisotopic (exact) mass is 181 g/mol. The maximum absolute atomic E-state index is 4.00. The molecule has 1 aromatic heterocycles. The van der Waals surface area contributed by atoms with Crippen LogP contribution in [0.25, 0.3) is 0 Å². The number of imidazole rings is 1. The van der Waals surface area contributed by atoms with Gasteiger partial charge in [-0.2, -0.15) is 0 Å². The Labute approximate surface area is 80.4 Å². The van der Waals surface area contributed by atoms with E-state index in [0.29, 0.717) is 6.04 Å². The highest BCUT2D eigenvalue weighted by Crippen LogP contribution is 1.97. The van der Waals surface area contributed by atoms with Crippen LogP contribution in [0.3, 0.4) is 0 Å². The van der Waals surface area contributed by atoms with E-state index >= 15 is 0 Å². The van der Waals surface area contributed by atoms with Gasteiger partial charge in [0.2, 0.25) is 0 Å². The molecule has 3 nitrogen and oxygen atoms in total. The van der Waals surface area contributed by atoms with Crippen LogP contribution in [-0.2, 0) is 6.54 Å². The highest BCUT2D eigenvalue weighted by molar-refractivity contribution is 4.73. The lowest BCUT2D eigenvalue weighted by molar-refractivity contribution is 0.265. The minimum Gasteiger partial charge on any atom is -0.337 e. The SMILES string of the molecule is CC(C)N(C)CCCn1ccnc1. The van der Waals surface area contributed by atoms with Crippen molar-refractivity contribution in [1.29, 1.82) is 0 Å². The van der Waals surface area contributed by atoms with E-state index in [0.717, 1.165) is 13.1 Å². The Morgan fingerprint density at radius 1 is 1.46 bits per heavy atom. The van der Waals surface area contributed by atoms with Crippen molar-refractivity contribution in [3.63, 3.8) is 0 Å². The zero-order valence-electron chi connectivity index (χ0n) is 8.77. The average Bonchev–Trinajstić information content (AvgIpc) is 2.56. The summed E-state index contributed by atoms with van der Waals surface area (Å²) in [6.45, 7) is 6.65. The molecular weight excluding hydrogens is 162 g/mol. The van der Waals surface area contributed by atoms with Gasteiger partial charge >= 0.3 is 0 Å². The normalized spacial score (nSPS) is 11.5. The molecule has 0 N–H and O–H groups in total. The van der Waals surface area contributed by atoms with Crippen molar-refractivity contribution in [3.05, 3.63) is 18.7 Å². The van der Waals surface area contributed by atoms with Gasteiger partial charge in [0, 0.05) is 25.0 Å². The van der Waals surface area contributed by atoms with Gasteiger partial charge in [0.1, 0.15) is 0 Å². The van der Waals surface area contributed by atoms with Gasteiger partial charge in [-0.1, -0.05) is 0 Å². The molecule has 0 spiro atoms. The number of rotatable bonds is 5. The molecule has 0 aliphatic rings. The van der Waals surface area contributed by atoms with Gasteiger partial charge in [0.05, 0.1) is 6.33 Å². The second-order valence-corrected chi connectivity index (χ2v) is 3.73. The fraction of sp³-hybridized carbons (Fsp3) is 0.700. The molecule has 0 fully saturated rings. The van der Waals surface area contributed by atoms with Crippen LogP contribution in [0.1, 0.15) is 20.3 Å². The van der Waals surface area contributed by atoms with Crippen LogP contribution in [0.5, 0.6) is 0 Å². The van der Waals surface area contributed by atoms with Crippen LogP contribution in [0, 0.1) is 0 Å². The minimum absolute atomic E-state index is 0.641. The summed E-state index contributed by atoms with van der Waals surface area (Å²) in [5, 5.41) is 0. The summed E-state index contributed by atoms with van der Waals surface area (Å²) in [6, 6.07) is 0.641. The third-order valence-corrected chi connectivity index (χ3v) is 2.37. The first-order chi connectivity index (χ1) is 6.20. The lowest BCUT2D eigenvalue weighted by Crippen LogP contribution is -2.27. The molecule has 1 heterocycles. The van der Waals surface area contributed by atoms with Gasteiger partial charge in [-0.05, 0) is 33.9 Å². The highest BCUT2D eigenvalue weighted by atomic mass is 15.1. The molecule has 0 aliphatic carbocycles. The molecule has 0 unspecified atom stereocenters. The Kier molecular flexibility index (Phi) is 3.96. The highest BCUT2D eigenvalue weighted by Gasteiger charge is 2.01. The molecule has 0 radical (unpaired) electrons. The number of aromatic nitrogens is 2. The number of hydrogen-bond donors (Lipinski definition) is 0. The fourth-order valence-corrected chi connectivity index (χ4v) is 1.18. The third kappa shape index (κ3) is 3.59. The standard InChI is InChI=1S/C10H19N3/c1-10(2)12(3)6-4-7-13-8-5-11-9-13/h5,8-10H,4,6-7H2,1-3H3. The van der Waals surface area contributed by atoms with Crippen LogP contribution in [0.4, 0.5) is 0 Å². The molecule has 3 heteroatoms. The molecule has 0 saturated heterocycles. The first kappa shape index (κ1) is 10.3. The second-order valence-electron chi connectivity index (χ2n) is 3.73. The molecule has 0 bridgehead atoms. The molecule has 0 aliphatic heterocycles. The van der Waals surface area contributed by atoms with Crippen molar-refractivity contribution in [2.75, 3.05) is 13.6 Å². The van der Waals surface area contributed by atoms with E-state index in [1.807, 2.05) is 18.7 Å². The van der Waals surface area contributed by atoms with Gasteiger partial charge < -0.3 is 9.47 Å². The quantitative estimate of drug-likeness (QED) is 0.688. The fourth-order valence-electron chi connectivity index (χ4n) is 1.18. The molecule has 0 atom stereocenters. The zero-order chi connectivity index (χ0) is 9.68. The number of aryl methyl sites for hydroxylation is 1. The Bertz CT molecular complexity index is 216. The predicted octanol–water partition coefficient (Wildman–Crippen LogP) is 1.61. The number of nitrogens with zero attached hydrogens (tertiary/aromatic N) is 3. The Morgan fingerprint density at radius 3 is 2.77 bits per heavy atom. The molecule has 0 aromatic carbocycles. The van der Waals surface area contributed by atoms with Crippen molar-refractivity contribution >= 4 is 0 Å². The predicted molar refractivity (Wildman–Crippen MR) is 54.6 cm³/mol. The van der Waals surface area contributed by atoms with Gasteiger partial charge in [-0.25, -0.2) is 4.98 Å². The summed E-state index contributed by atoms with van der Waals surface area (Å²) in [6.07, 6.45) is 6.89. The van der Waals surface area contributed by atoms with Crippen LogP contribution >= 0.6 is 0 Å². The second kappa shape index (κ2) is 5.02. The van der Waals surface area contributed by atoms with E-state index in [4.69, 9.17) is 0 Å². The molecular formula is C10H19N3. The number of hydrogen-bond acceptors (Lipinski definition) is 2. The largest absolute Gasteiger partial charge is 0.337 e. The van der Waals surface area contributed by atoms with Crippen LogP contribution in [0.2, 0.25) is 0 Å². The molecule has 1 aromatic rings. The summed E-state index contributed by atoms with van der Waals surface area (Å²) >= 11 is 0. The lowest BCUT2D eigenvalue weighted by atomic mass is 10.3. The van der Waals surface area contributed by atoms with Gasteiger partial charge in [0.25, 0.3) is 0 Å². The Morgan fingerprint density at radius 2 is 2.23 bits per heavy atom. The van der Waals surface area contributed by atoms with Crippen LogP contribution in [-0.4, -0.2) is 34.1 Å². The van der Waals surface area contributed by atoms with E-state index in [9.17, 15) is 0 Å². The van der Waals surface area contributed by atoms with Crippen LogP contribution < -0.4 is 0 Å². The summed E-state index contributed by atoms with van der Waals surface area (Å²) in [5.74, 6) is 0. The van der Waals surface area contributed by atoms with Crippen LogP contribution in [0.15, 0.2) is 18.7 Å². The maximum atomic E-state index is 4.00. The summed E-state index contributed by atoms with van der Waals surface area (Å²) in [4.78, 5) is 6.36. The summed E-state index contributed by atoms with van der Waals surface area (Å²) in [5.41, 5.74) is 0.